The van der Waals surface area contributed by atoms with Crippen molar-refractivity contribution in [3.63, 3.8) is 0 Å². The summed E-state index contributed by atoms with van der Waals surface area (Å²) in [6, 6.07) is 17.5. The van der Waals surface area contributed by atoms with Crippen LogP contribution in [0.4, 0.5) is 0 Å². The summed E-state index contributed by atoms with van der Waals surface area (Å²) < 4.78 is 7.49. The van der Waals surface area contributed by atoms with Crippen molar-refractivity contribution in [2.75, 3.05) is 6.61 Å². The summed E-state index contributed by atoms with van der Waals surface area (Å²) in [5.74, 6) is 0.751. The highest BCUT2D eigenvalue weighted by molar-refractivity contribution is 5.76. The molecule has 3 aromatic rings. The van der Waals surface area contributed by atoms with E-state index >= 15 is 0 Å². The molecule has 0 saturated carbocycles. The Bertz CT molecular complexity index is 784. The number of hydrogen-bond donors (Lipinski definition) is 1. The number of carbonyl (C=O) groups is 1. The molecule has 0 aliphatic rings. The van der Waals surface area contributed by atoms with Gasteiger partial charge in [-0.3, -0.25) is 4.79 Å². The van der Waals surface area contributed by atoms with Gasteiger partial charge < -0.3 is 14.6 Å². The highest BCUT2D eigenvalue weighted by Crippen LogP contribution is 2.16. The predicted octanol–water partition coefficient (Wildman–Crippen LogP) is 3.52. The molecule has 25 heavy (non-hydrogen) atoms. The van der Waals surface area contributed by atoms with Crippen molar-refractivity contribution in [1.29, 1.82) is 0 Å². The molecule has 5 nitrogen and oxygen atoms in total. The number of aromatic nitrogens is 2. The smallest absolute Gasteiger partial charge is 0.223 e. The second kappa shape index (κ2) is 8.15. The highest BCUT2D eigenvalue weighted by atomic mass is 16.5. The largest absolute Gasteiger partial charge is 0.493 e. The maximum Gasteiger partial charge on any atom is 0.223 e. The lowest BCUT2D eigenvalue weighted by atomic mass is 10.1. The Balaban J connectivity index is 1.48. The molecule has 3 rings (SSSR count). The molecule has 1 N–H and O–H groups in total. The lowest BCUT2D eigenvalue weighted by Crippen LogP contribution is -2.27. The molecule has 5 heteroatoms. The molecule has 0 radical (unpaired) electrons. The lowest BCUT2D eigenvalue weighted by Gasteiger charge is -2.15. The standard InChI is InChI=1S/C20H21N3O2/c1-16(17-7-9-18(10-8-17)23-13-12-21-15-23)22-20(24)11-14-25-19-5-3-2-4-6-19/h2-10,12-13,15-16H,11,14H2,1H3,(H,22,24). The van der Waals surface area contributed by atoms with Crippen LogP contribution in [0.5, 0.6) is 5.75 Å². The molecule has 0 fully saturated rings. The molecule has 1 aromatic heterocycles. The molecule has 1 atom stereocenters. The molecule has 0 aliphatic heterocycles. The Kier molecular flexibility index (Phi) is 5.46. The topological polar surface area (TPSA) is 56.1 Å². The van der Waals surface area contributed by atoms with Gasteiger partial charge in [0.25, 0.3) is 0 Å². The van der Waals surface area contributed by atoms with Gasteiger partial charge in [0.05, 0.1) is 25.4 Å². The van der Waals surface area contributed by atoms with E-state index in [0.29, 0.717) is 13.0 Å². The van der Waals surface area contributed by atoms with E-state index in [1.807, 2.05) is 72.3 Å². The first kappa shape index (κ1) is 16.8. The van der Waals surface area contributed by atoms with E-state index in [1.54, 1.807) is 12.5 Å². The van der Waals surface area contributed by atoms with Gasteiger partial charge >= 0.3 is 0 Å². The van der Waals surface area contributed by atoms with Crippen molar-refractivity contribution in [3.8, 4) is 11.4 Å². The number of ether oxygens (including phenoxy) is 1. The Morgan fingerprint density at radius 1 is 1.16 bits per heavy atom. The Morgan fingerprint density at radius 3 is 2.60 bits per heavy atom. The quantitative estimate of drug-likeness (QED) is 0.719. The first-order chi connectivity index (χ1) is 12.2. The van der Waals surface area contributed by atoms with Gasteiger partial charge in [0.2, 0.25) is 5.91 Å². The fourth-order valence-electron chi connectivity index (χ4n) is 2.52. The summed E-state index contributed by atoms with van der Waals surface area (Å²) in [7, 11) is 0. The van der Waals surface area contributed by atoms with E-state index in [9.17, 15) is 4.79 Å². The van der Waals surface area contributed by atoms with Gasteiger partial charge in [0.15, 0.2) is 0 Å². The minimum atomic E-state index is -0.0546. The first-order valence-electron chi connectivity index (χ1n) is 8.28. The number of carbonyl (C=O) groups excluding carboxylic acids is 1. The zero-order valence-corrected chi connectivity index (χ0v) is 14.1. The number of imidazole rings is 1. The van der Waals surface area contributed by atoms with E-state index in [2.05, 4.69) is 10.3 Å². The van der Waals surface area contributed by atoms with Gasteiger partial charge in [-0.1, -0.05) is 30.3 Å². The van der Waals surface area contributed by atoms with Gasteiger partial charge in [-0.15, -0.1) is 0 Å². The van der Waals surface area contributed by atoms with Crippen LogP contribution in [0.15, 0.2) is 73.3 Å². The highest BCUT2D eigenvalue weighted by Gasteiger charge is 2.10. The fraction of sp³-hybridized carbons (Fsp3) is 0.200. The van der Waals surface area contributed by atoms with E-state index in [1.165, 1.54) is 0 Å². The summed E-state index contributed by atoms with van der Waals surface area (Å²) in [5.41, 5.74) is 2.09. The molecule has 0 aliphatic carbocycles. The number of para-hydroxylation sites is 1. The molecular formula is C20H21N3O2. The van der Waals surface area contributed by atoms with Crippen LogP contribution in [0.3, 0.4) is 0 Å². The minimum Gasteiger partial charge on any atom is -0.493 e. The Hall–Kier alpha value is -3.08. The number of rotatable bonds is 7. The summed E-state index contributed by atoms with van der Waals surface area (Å²) in [4.78, 5) is 16.1. The van der Waals surface area contributed by atoms with Crippen molar-refractivity contribution in [2.24, 2.45) is 0 Å². The normalized spacial score (nSPS) is 11.7. The van der Waals surface area contributed by atoms with Crippen LogP contribution in [0.1, 0.15) is 24.9 Å². The molecular weight excluding hydrogens is 314 g/mol. The van der Waals surface area contributed by atoms with Crippen molar-refractivity contribution < 1.29 is 9.53 Å². The van der Waals surface area contributed by atoms with Crippen molar-refractivity contribution in [2.45, 2.75) is 19.4 Å². The van der Waals surface area contributed by atoms with Crippen LogP contribution in [0.2, 0.25) is 0 Å². The van der Waals surface area contributed by atoms with Crippen LogP contribution >= 0.6 is 0 Å². The van der Waals surface area contributed by atoms with E-state index in [-0.39, 0.29) is 11.9 Å². The van der Waals surface area contributed by atoms with E-state index in [4.69, 9.17) is 4.74 Å². The predicted molar refractivity (Wildman–Crippen MR) is 96.7 cm³/mol. The van der Waals surface area contributed by atoms with Crippen molar-refractivity contribution in [3.05, 3.63) is 78.9 Å². The molecule has 1 heterocycles. The first-order valence-corrected chi connectivity index (χ1v) is 8.28. The molecule has 2 aromatic carbocycles. The van der Waals surface area contributed by atoms with E-state index in [0.717, 1.165) is 17.0 Å². The number of nitrogens with zero attached hydrogens (tertiary/aromatic N) is 2. The second-order valence-corrected chi connectivity index (χ2v) is 5.76. The van der Waals surface area contributed by atoms with Gasteiger partial charge in [0, 0.05) is 18.1 Å². The third kappa shape index (κ3) is 4.70. The lowest BCUT2D eigenvalue weighted by molar-refractivity contribution is -0.122. The molecule has 1 unspecified atom stereocenters. The summed E-state index contributed by atoms with van der Waals surface area (Å²) in [6.45, 7) is 2.34. The van der Waals surface area contributed by atoms with Crippen molar-refractivity contribution in [1.82, 2.24) is 14.9 Å². The van der Waals surface area contributed by atoms with Gasteiger partial charge in [-0.2, -0.15) is 0 Å². The van der Waals surface area contributed by atoms with Gasteiger partial charge in [-0.25, -0.2) is 4.98 Å². The van der Waals surface area contributed by atoms with Gasteiger partial charge in [-0.05, 0) is 36.8 Å². The average Bonchev–Trinajstić information content (AvgIpc) is 3.17. The van der Waals surface area contributed by atoms with Gasteiger partial charge in [0.1, 0.15) is 5.75 Å². The SMILES string of the molecule is CC(NC(=O)CCOc1ccccc1)c1ccc(-n2ccnc2)cc1. The molecule has 0 saturated heterocycles. The zero-order valence-electron chi connectivity index (χ0n) is 14.1. The zero-order chi connectivity index (χ0) is 17.5. The second-order valence-electron chi connectivity index (χ2n) is 5.76. The van der Waals surface area contributed by atoms with Crippen LogP contribution in [0.25, 0.3) is 5.69 Å². The summed E-state index contributed by atoms with van der Waals surface area (Å²) in [6.07, 6.45) is 5.72. The molecule has 1 amide bonds. The minimum absolute atomic E-state index is 0.0258. The van der Waals surface area contributed by atoms with Crippen LogP contribution in [-0.4, -0.2) is 22.1 Å². The third-order valence-electron chi connectivity index (χ3n) is 3.91. The molecule has 128 valence electrons. The Labute approximate surface area is 147 Å². The average molecular weight is 335 g/mol. The molecule has 0 spiro atoms. The third-order valence-corrected chi connectivity index (χ3v) is 3.91. The van der Waals surface area contributed by atoms with Crippen LogP contribution in [-0.2, 0) is 4.79 Å². The fourth-order valence-corrected chi connectivity index (χ4v) is 2.52. The van der Waals surface area contributed by atoms with Crippen LogP contribution in [0, 0.1) is 0 Å². The number of hydrogen-bond acceptors (Lipinski definition) is 3. The maximum absolute atomic E-state index is 12.1. The van der Waals surface area contributed by atoms with Crippen LogP contribution < -0.4 is 10.1 Å². The summed E-state index contributed by atoms with van der Waals surface area (Å²) in [5, 5.41) is 3.00. The maximum atomic E-state index is 12.1. The Morgan fingerprint density at radius 2 is 1.92 bits per heavy atom. The molecule has 0 bridgehead atoms. The summed E-state index contributed by atoms with van der Waals surface area (Å²) >= 11 is 0. The number of benzene rings is 2. The van der Waals surface area contributed by atoms with E-state index < -0.39 is 0 Å². The monoisotopic (exact) mass is 335 g/mol. The number of amides is 1. The van der Waals surface area contributed by atoms with Crippen molar-refractivity contribution >= 4 is 5.91 Å². The number of nitrogens with one attached hydrogen (secondary N) is 1.